The predicted octanol–water partition coefficient (Wildman–Crippen LogP) is 2.90. The quantitative estimate of drug-likeness (QED) is 0.378. The Bertz CT molecular complexity index is 899. The number of aliphatic hydroxyl groups is 1. The highest BCUT2D eigenvalue weighted by Gasteiger charge is 2.32. The molecular weight excluding hydrogens is 498 g/mol. The topological polar surface area (TPSA) is 126 Å². The first-order valence-electron chi connectivity index (χ1n) is 14.3. The van der Waals surface area contributed by atoms with Crippen molar-refractivity contribution in [1.29, 1.82) is 0 Å². The van der Waals surface area contributed by atoms with Crippen molar-refractivity contribution in [2.24, 2.45) is 17.8 Å². The van der Waals surface area contributed by atoms with Crippen LogP contribution >= 0.6 is 0 Å². The normalized spacial score (nSPS) is 20.7. The number of ketones is 1. The van der Waals surface area contributed by atoms with Crippen LogP contribution in [0.15, 0.2) is 6.20 Å². The summed E-state index contributed by atoms with van der Waals surface area (Å²) in [6.07, 6.45) is 3.13. The summed E-state index contributed by atoms with van der Waals surface area (Å²) in [5.74, 6) is 1.90. The summed E-state index contributed by atoms with van der Waals surface area (Å²) in [4.78, 5) is 37.1. The largest absolute Gasteiger partial charge is 0.389 e. The number of morpholine rings is 1. The monoisotopic (exact) mass is 549 g/mol. The lowest BCUT2D eigenvalue weighted by Crippen LogP contribution is -2.49. The number of rotatable bonds is 10. The summed E-state index contributed by atoms with van der Waals surface area (Å²) in [7, 11) is 1.52. The summed E-state index contributed by atoms with van der Waals surface area (Å²) in [6.45, 7) is 16.8. The highest BCUT2D eigenvalue weighted by atomic mass is 16.5. The minimum absolute atomic E-state index is 0.0467. The van der Waals surface area contributed by atoms with E-state index in [0.29, 0.717) is 69.4 Å². The van der Waals surface area contributed by atoms with Crippen LogP contribution < -0.4 is 10.6 Å². The lowest BCUT2D eigenvalue weighted by atomic mass is 9.85. The second-order valence-electron chi connectivity index (χ2n) is 12.0. The highest BCUT2D eigenvalue weighted by Crippen LogP contribution is 2.26. The van der Waals surface area contributed by atoms with Crippen molar-refractivity contribution >= 4 is 17.5 Å². The Morgan fingerprint density at radius 2 is 1.92 bits per heavy atom. The third-order valence-corrected chi connectivity index (χ3v) is 7.03. The Kier molecular flexibility index (Phi) is 13.7. The first-order chi connectivity index (χ1) is 18.5. The number of ether oxygens (including phenoxy) is 2. The summed E-state index contributed by atoms with van der Waals surface area (Å²) >= 11 is 0. The fraction of sp³-hybridized carbons (Fsp3) is 0.793. The van der Waals surface area contributed by atoms with Gasteiger partial charge in [-0.15, -0.1) is 0 Å². The number of Topliss-reactive ketones (excluding diaryl/α,β-unsaturated/α-hetero) is 1. The van der Waals surface area contributed by atoms with Crippen LogP contribution in [0.5, 0.6) is 0 Å². The molecule has 3 unspecified atom stereocenters. The van der Waals surface area contributed by atoms with E-state index in [2.05, 4.69) is 41.4 Å². The fourth-order valence-electron chi connectivity index (χ4n) is 4.34. The van der Waals surface area contributed by atoms with Crippen molar-refractivity contribution < 1.29 is 24.2 Å². The minimum Gasteiger partial charge on any atom is -0.389 e. The molecule has 10 heteroatoms. The van der Waals surface area contributed by atoms with Gasteiger partial charge in [0.15, 0.2) is 5.78 Å². The molecule has 39 heavy (non-hydrogen) atoms. The Hall–Kier alpha value is -2.14. The van der Waals surface area contributed by atoms with E-state index in [1.807, 2.05) is 25.7 Å². The zero-order valence-electron chi connectivity index (χ0n) is 25.1. The smallest absolute Gasteiger partial charge is 0.227 e. The molecule has 3 rings (SSSR count). The molecule has 0 radical (unpaired) electrons. The number of amides is 1. The number of aromatic nitrogens is 2. The Balaban J connectivity index is 0.000000976. The highest BCUT2D eigenvalue weighted by molar-refractivity contribution is 6.00. The first kappa shape index (κ1) is 33.1. The SMILES string of the molecule is CCC(C)C.COCC(O)CNc1nc(C(C)(C)C)ncc1C(=O)CC1CNCC(C(=O)N2CCOCC2)C1. The standard InChI is InChI=1S/C24H39N5O5.C5H12/c1-24(2,3)23-27-14-19(21(28-23)26-13-18(30)15-33-4)20(31)10-16-9-17(12-25-11-16)22(32)29-5-7-34-8-6-29;1-4-5(2)3/h14,16-18,25,30H,5-13,15H2,1-4H3,(H,26,27,28);5H,4H2,1-3H3. The van der Waals surface area contributed by atoms with Gasteiger partial charge in [-0.1, -0.05) is 48.0 Å². The lowest BCUT2D eigenvalue weighted by molar-refractivity contribution is -0.140. The number of anilines is 1. The van der Waals surface area contributed by atoms with E-state index in [1.165, 1.54) is 13.5 Å². The molecule has 1 aromatic heterocycles. The molecule has 0 spiro atoms. The van der Waals surface area contributed by atoms with Crippen molar-refractivity contribution in [1.82, 2.24) is 20.2 Å². The van der Waals surface area contributed by atoms with Crippen molar-refractivity contribution in [2.45, 2.75) is 72.3 Å². The molecule has 222 valence electrons. The molecule has 0 aliphatic carbocycles. The fourth-order valence-corrected chi connectivity index (χ4v) is 4.34. The molecule has 1 aromatic rings. The Labute approximate surface area is 234 Å². The zero-order valence-corrected chi connectivity index (χ0v) is 25.1. The number of aliphatic hydroxyl groups excluding tert-OH is 1. The molecule has 10 nitrogen and oxygen atoms in total. The van der Waals surface area contributed by atoms with E-state index >= 15 is 0 Å². The maximum Gasteiger partial charge on any atom is 0.227 e. The molecule has 2 aliphatic heterocycles. The summed E-state index contributed by atoms with van der Waals surface area (Å²) in [6, 6.07) is 0. The summed E-state index contributed by atoms with van der Waals surface area (Å²) in [5.41, 5.74) is 0.114. The number of carbonyl (C=O) groups is 2. The van der Waals surface area contributed by atoms with Crippen LogP contribution in [0.1, 0.15) is 77.0 Å². The molecule has 1 amide bonds. The van der Waals surface area contributed by atoms with Crippen LogP contribution in [0.2, 0.25) is 0 Å². The van der Waals surface area contributed by atoms with Gasteiger partial charge in [-0.3, -0.25) is 9.59 Å². The number of nitrogens with one attached hydrogen (secondary N) is 2. The summed E-state index contributed by atoms with van der Waals surface area (Å²) < 4.78 is 10.3. The van der Waals surface area contributed by atoms with Gasteiger partial charge in [-0.25, -0.2) is 9.97 Å². The average molecular weight is 550 g/mol. The van der Waals surface area contributed by atoms with Gasteiger partial charge in [0, 0.05) is 51.3 Å². The van der Waals surface area contributed by atoms with Crippen LogP contribution in [-0.4, -0.2) is 97.4 Å². The minimum atomic E-state index is -0.726. The average Bonchev–Trinajstić information content (AvgIpc) is 2.92. The van der Waals surface area contributed by atoms with E-state index in [-0.39, 0.29) is 42.1 Å². The maximum atomic E-state index is 13.3. The zero-order chi connectivity index (χ0) is 29.0. The lowest BCUT2D eigenvalue weighted by Gasteiger charge is -2.34. The van der Waals surface area contributed by atoms with Crippen LogP contribution in [0, 0.1) is 17.8 Å². The Morgan fingerprint density at radius 1 is 1.26 bits per heavy atom. The molecule has 2 aliphatic rings. The van der Waals surface area contributed by atoms with Crippen molar-refractivity contribution in [3.05, 3.63) is 17.6 Å². The molecule has 3 heterocycles. The van der Waals surface area contributed by atoms with Crippen molar-refractivity contribution in [2.75, 3.05) is 65.0 Å². The molecule has 3 atom stereocenters. The number of hydrogen-bond acceptors (Lipinski definition) is 9. The van der Waals surface area contributed by atoms with Gasteiger partial charge >= 0.3 is 0 Å². The number of hydrogen-bond donors (Lipinski definition) is 3. The first-order valence-corrected chi connectivity index (χ1v) is 14.3. The van der Waals surface area contributed by atoms with Gasteiger partial charge in [-0.2, -0.15) is 0 Å². The second-order valence-corrected chi connectivity index (χ2v) is 12.0. The predicted molar refractivity (Wildman–Crippen MR) is 153 cm³/mol. The molecule has 0 bridgehead atoms. The van der Waals surface area contributed by atoms with E-state index < -0.39 is 6.10 Å². The third-order valence-electron chi connectivity index (χ3n) is 7.03. The van der Waals surface area contributed by atoms with Crippen LogP contribution in [-0.2, 0) is 19.7 Å². The van der Waals surface area contributed by atoms with Gasteiger partial charge in [-0.05, 0) is 24.8 Å². The van der Waals surface area contributed by atoms with E-state index in [4.69, 9.17) is 9.47 Å². The van der Waals surface area contributed by atoms with Gasteiger partial charge in [0.2, 0.25) is 5.91 Å². The number of carbonyl (C=O) groups excluding carboxylic acids is 2. The molecule has 2 fully saturated rings. The van der Waals surface area contributed by atoms with Gasteiger partial charge in [0.05, 0.1) is 37.4 Å². The summed E-state index contributed by atoms with van der Waals surface area (Å²) in [5, 5.41) is 16.5. The van der Waals surface area contributed by atoms with E-state index in [9.17, 15) is 14.7 Å². The number of methoxy groups -OCH3 is 1. The van der Waals surface area contributed by atoms with Crippen LogP contribution in [0.4, 0.5) is 5.82 Å². The van der Waals surface area contributed by atoms with E-state index in [1.54, 1.807) is 6.20 Å². The number of nitrogens with zero attached hydrogens (tertiary/aromatic N) is 3. The molecule has 2 saturated heterocycles. The van der Waals surface area contributed by atoms with Gasteiger partial charge in [0.25, 0.3) is 0 Å². The van der Waals surface area contributed by atoms with E-state index in [0.717, 1.165) is 5.92 Å². The van der Waals surface area contributed by atoms with Crippen molar-refractivity contribution in [3.63, 3.8) is 0 Å². The number of piperidine rings is 1. The maximum absolute atomic E-state index is 13.3. The van der Waals surface area contributed by atoms with Gasteiger partial charge < -0.3 is 30.1 Å². The molecule has 0 saturated carbocycles. The van der Waals surface area contributed by atoms with Gasteiger partial charge in [0.1, 0.15) is 11.6 Å². The third kappa shape index (κ3) is 11.1. The second kappa shape index (κ2) is 16.2. The molecule has 3 N–H and O–H groups in total. The van der Waals surface area contributed by atoms with Crippen molar-refractivity contribution in [3.8, 4) is 0 Å². The Morgan fingerprint density at radius 3 is 2.51 bits per heavy atom. The molecular formula is C29H51N5O5. The molecule has 0 aromatic carbocycles. The van der Waals surface area contributed by atoms with Crippen LogP contribution in [0.25, 0.3) is 0 Å². The van der Waals surface area contributed by atoms with Crippen LogP contribution in [0.3, 0.4) is 0 Å².